The van der Waals surface area contributed by atoms with Crippen LogP contribution in [0.4, 0.5) is 11.4 Å². The molecule has 0 atom stereocenters. The van der Waals surface area contributed by atoms with Crippen LogP contribution < -0.4 is 10.2 Å². The van der Waals surface area contributed by atoms with Gasteiger partial charge in [-0.2, -0.15) is 0 Å². The van der Waals surface area contributed by atoms with E-state index in [0.29, 0.717) is 36.2 Å². The Morgan fingerprint density at radius 1 is 0.909 bits per heavy atom. The van der Waals surface area contributed by atoms with Crippen molar-refractivity contribution in [3.05, 3.63) is 95.1 Å². The number of benzene rings is 3. The van der Waals surface area contributed by atoms with Crippen molar-refractivity contribution in [3.63, 3.8) is 0 Å². The molecule has 170 valence electrons. The summed E-state index contributed by atoms with van der Waals surface area (Å²) in [5.41, 5.74) is 4.56. The molecule has 0 bridgehead atoms. The minimum absolute atomic E-state index is 0.109. The van der Waals surface area contributed by atoms with E-state index in [1.54, 1.807) is 49.5 Å². The molecule has 0 radical (unpaired) electrons. The Morgan fingerprint density at radius 3 is 2.27 bits per heavy atom. The number of nitrogens with zero attached hydrogens (tertiary/aromatic N) is 1. The molecule has 0 saturated heterocycles. The van der Waals surface area contributed by atoms with E-state index in [-0.39, 0.29) is 11.8 Å². The van der Waals surface area contributed by atoms with E-state index in [0.717, 1.165) is 16.8 Å². The summed E-state index contributed by atoms with van der Waals surface area (Å²) in [6, 6.07) is 22.2. The zero-order chi connectivity index (χ0) is 23.4. The van der Waals surface area contributed by atoms with Crippen molar-refractivity contribution in [2.45, 2.75) is 25.6 Å². The summed E-state index contributed by atoms with van der Waals surface area (Å²) in [4.78, 5) is 27.8. The number of hydrogen-bond acceptors (Lipinski definition) is 4. The van der Waals surface area contributed by atoms with E-state index >= 15 is 0 Å². The first-order valence-electron chi connectivity index (χ1n) is 10.9. The second kappa shape index (κ2) is 9.57. The lowest BCUT2D eigenvalue weighted by molar-refractivity contribution is -0.207. The van der Waals surface area contributed by atoms with Gasteiger partial charge in [-0.05, 0) is 54.4 Å². The van der Waals surface area contributed by atoms with Gasteiger partial charge in [0.2, 0.25) is 0 Å². The average Bonchev–Trinajstić information content (AvgIpc) is 3.01. The molecule has 1 aliphatic heterocycles. The summed E-state index contributed by atoms with van der Waals surface area (Å²) in [5, 5.41) is 2.90. The van der Waals surface area contributed by atoms with Gasteiger partial charge < -0.3 is 19.7 Å². The minimum Gasteiger partial charge on any atom is -0.353 e. The SMILES string of the molecule is COC1(OC)CCN(C(=O)c2ccc(NC(=O)c3ccccc3C)cc2)c2ccccc2C1. The number of fused-ring (bicyclic) bond motifs is 1. The number of ether oxygens (including phenoxy) is 2. The number of carbonyl (C=O) groups excluding carboxylic acids is 2. The Kier molecular flexibility index (Phi) is 6.58. The third kappa shape index (κ3) is 4.67. The Hall–Kier alpha value is -3.48. The van der Waals surface area contributed by atoms with Gasteiger partial charge in [-0.25, -0.2) is 0 Å². The van der Waals surface area contributed by atoms with E-state index < -0.39 is 5.79 Å². The van der Waals surface area contributed by atoms with Gasteiger partial charge in [-0.1, -0.05) is 36.4 Å². The standard InChI is InChI=1S/C27H28N2O4/c1-19-8-4-6-10-23(19)25(30)28-22-14-12-20(13-15-22)26(31)29-17-16-27(32-2,33-3)18-21-9-5-7-11-24(21)29/h4-15H,16-18H2,1-3H3,(H,28,30). The zero-order valence-corrected chi connectivity index (χ0v) is 19.1. The number of methoxy groups -OCH3 is 2. The maximum Gasteiger partial charge on any atom is 0.258 e. The molecule has 0 spiro atoms. The maximum atomic E-state index is 13.5. The van der Waals surface area contributed by atoms with Gasteiger partial charge in [-0.3, -0.25) is 9.59 Å². The highest BCUT2D eigenvalue weighted by Gasteiger charge is 2.36. The lowest BCUT2D eigenvalue weighted by Gasteiger charge is -2.29. The maximum absolute atomic E-state index is 13.5. The van der Waals surface area contributed by atoms with Crippen molar-refractivity contribution in [2.24, 2.45) is 0 Å². The van der Waals surface area contributed by atoms with E-state index in [1.165, 1.54) is 0 Å². The fraction of sp³-hybridized carbons (Fsp3) is 0.259. The van der Waals surface area contributed by atoms with Gasteiger partial charge >= 0.3 is 0 Å². The molecule has 0 saturated carbocycles. The predicted octanol–water partition coefficient (Wildman–Crippen LogP) is 4.83. The number of para-hydroxylation sites is 1. The number of nitrogens with one attached hydrogen (secondary N) is 1. The Balaban J connectivity index is 1.55. The molecule has 0 aliphatic carbocycles. The molecule has 6 nitrogen and oxygen atoms in total. The van der Waals surface area contributed by atoms with Gasteiger partial charge in [0.15, 0.2) is 5.79 Å². The van der Waals surface area contributed by atoms with Crippen molar-refractivity contribution in [1.29, 1.82) is 0 Å². The van der Waals surface area contributed by atoms with Gasteiger partial charge in [-0.15, -0.1) is 0 Å². The molecule has 4 rings (SSSR count). The third-order valence-corrected chi connectivity index (χ3v) is 6.23. The number of anilines is 2. The molecule has 3 aromatic carbocycles. The van der Waals surface area contributed by atoms with Gasteiger partial charge in [0.25, 0.3) is 11.8 Å². The molecule has 0 fully saturated rings. The molecule has 1 heterocycles. The van der Waals surface area contributed by atoms with Crippen LogP contribution in [-0.4, -0.2) is 38.4 Å². The van der Waals surface area contributed by atoms with Gasteiger partial charge in [0, 0.05) is 56.1 Å². The fourth-order valence-corrected chi connectivity index (χ4v) is 4.23. The summed E-state index contributed by atoms with van der Waals surface area (Å²) >= 11 is 0. The smallest absolute Gasteiger partial charge is 0.258 e. The molecule has 6 heteroatoms. The molecule has 2 amide bonds. The van der Waals surface area contributed by atoms with Crippen molar-refractivity contribution >= 4 is 23.2 Å². The molecular weight excluding hydrogens is 416 g/mol. The Morgan fingerprint density at radius 2 is 1.58 bits per heavy atom. The minimum atomic E-state index is -0.769. The molecule has 3 aromatic rings. The molecule has 1 aliphatic rings. The normalized spacial score (nSPS) is 14.8. The van der Waals surface area contributed by atoms with Crippen LogP contribution in [0.25, 0.3) is 0 Å². The second-order valence-corrected chi connectivity index (χ2v) is 8.18. The summed E-state index contributed by atoms with van der Waals surface area (Å²) in [7, 11) is 3.26. The van der Waals surface area contributed by atoms with Crippen LogP contribution in [-0.2, 0) is 15.9 Å². The molecule has 33 heavy (non-hydrogen) atoms. The first kappa shape index (κ1) is 22.7. The first-order valence-corrected chi connectivity index (χ1v) is 10.9. The summed E-state index contributed by atoms with van der Waals surface area (Å²) in [5.74, 6) is -1.05. The van der Waals surface area contributed by atoms with Crippen LogP contribution in [0.5, 0.6) is 0 Å². The third-order valence-electron chi connectivity index (χ3n) is 6.23. The van der Waals surface area contributed by atoms with Crippen LogP contribution in [0.2, 0.25) is 0 Å². The number of aryl methyl sites for hydroxylation is 1. The highest BCUT2D eigenvalue weighted by molar-refractivity contribution is 6.08. The zero-order valence-electron chi connectivity index (χ0n) is 19.1. The lowest BCUT2D eigenvalue weighted by atomic mass is 10.0. The topological polar surface area (TPSA) is 67.9 Å². The van der Waals surface area contributed by atoms with Crippen LogP contribution in [0.15, 0.2) is 72.8 Å². The van der Waals surface area contributed by atoms with E-state index in [9.17, 15) is 9.59 Å². The van der Waals surface area contributed by atoms with Crippen LogP contribution in [0.3, 0.4) is 0 Å². The lowest BCUT2D eigenvalue weighted by Crippen LogP contribution is -2.39. The highest BCUT2D eigenvalue weighted by Crippen LogP contribution is 2.34. The van der Waals surface area contributed by atoms with E-state index in [2.05, 4.69) is 5.32 Å². The number of hydrogen-bond donors (Lipinski definition) is 1. The highest BCUT2D eigenvalue weighted by atomic mass is 16.7. The van der Waals surface area contributed by atoms with Crippen LogP contribution in [0.1, 0.15) is 38.3 Å². The number of amides is 2. The largest absolute Gasteiger partial charge is 0.353 e. The summed E-state index contributed by atoms with van der Waals surface area (Å²) in [6.07, 6.45) is 1.11. The van der Waals surface area contributed by atoms with Gasteiger partial charge in [0.1, 0.15) is 0 Å². The number of rotatable bonds is 5. The van der Waals surface area contributed by atoms with Crippen molar-refractivity contribution < 1.29 is 19.1 Å². The molecular formula is C27H28N2O4. The van der Waals surface area contributed by atoms with E-state index in [1.807, 2.05) is 49.4 Å². The fourth-order valence-electron chi connectivity index (χ4n) is 4.23. The average molecular weight is 445 g/mol. The van der Waals surface area contributed by atoms with Crippen molar-refractivity contribution in [2.75, 3.05) is 31.0 Å². The second-order valence-electron chi connectivity index (χ2n) is 8.18. The monoisotopic (exact) mass is 444 g/mol. The summed E-state index contributed by atoms with van der Waals surface area (Å²) < 4.78 is 11.4. The van der Waals surface area contributed by atoms with Gasteiger partial charge in [0.05, 0.1) is 0 Å². The Labute approximate surface area is 194 Å². The van der Waals surface area contributed by atoms with E-state index in [4.69, 9.17) is 9.47 Å². The predicted molar refractivity (Wildman–Crippen MR) is 129 cm³/mol. The summed E-state index contributed by atoms with van der Waals surface area (Å²) in [6.45, 7) is 2.36. The van der Waals surface area contributed by atoms with Crippen molar-refractivity contribution in [3.8, 4) is 0 Å². The number of carbonyl (C=O) groups is 2. The molecule has 1 N–H and O–H groups in total. The van der Waals surface area contributed by atoms with Crippen molar-refractivity contribution in [1.82, 2.24) is 0 Å². The Bertz CT molecular complexity index is 1150. The first-order chi connectivity index (χ1) is 16.0. The molecule has 0 unspecified atom stereocenters. The van der Waals surface area contributed by atoms with Crippen LogP contribution in [0, 0.1) is 6.92 Å². The quantitative estimate of drug-likeness (QED) is 0.573. The van der Waals surface area contributed by atoms with Crippen LogP contribution >= 0.6 is 0 Å². The molecule has 0 aromatic heterocycles.